The highest BCUT2D eigenvalue weighted by Crippen LogP contribution is 2.32. The molecule has 2 aromatic rings. The number of amidine groups is 1. The summed E-state index contributed by atoms with van der Waals surface area (Å²) >= 11 is 0. The maximum absolute atomic E-state index is 12.8. The van der Waals surface area contributed by atoms with Crippen molar-refractivity contribution in [2.24, 2.45) is 5.10 Å². The highest BCUT2D eigenvalue weighted by Gasteiger charge is 2.31. The van der Waals surface area contributed by atoms with Crippen molar-refractivity contribution in [3.05, 3.63) is 65.7 Å². The van der Waals surface area contributed by atoms with Gasteiger partial charge in [-0.1, -0.05) is 36.4 Å². The van der Waals surface area contributed by atoms with Crippen LogP contribution in [0.2, 0.25) is 0 Å². The van der Waals surface area contributed by atoms with Crippen LogP contribution in [0.3, 0.4) is 0 Å². The van der Waals surface area contributed by atoms with E-state index < -0.39 is 11.7 Å². The van der Waals surface area contributed by atoms with Crippen LogP contribution in [0.4, 0.5) is 18.9 Å². The second-order valence-corrected chi connectivity index (χ2v) is 5.74. The van der Waals surface area contributed by atoms with Crippen LogP contribution in [0.15, 0.2) is 59.7 Å². The summed E-state index contributed by atoms with van der Waals surface area (Å²) in [5.74, 6) is 0.781. The first-order chi connectivity index (χ1) is 11.4. The average Bonchev–Trinajstić information content (AvgIpc) is 3.03. The molecule has 1 unspecified atom stereocenters. The molecule has 2 aromatic carbocycles. The lowest BCUT2D eigenvalue weighted by molar-refractivity contribution is -0.137. The van der Waals surface area contributed by atoms with Gasteiger partial charge in [0.25, 0.3) is 0 Å². The van der Waals surface area contributed by atoms with Crippen LogP contribution in [0.25, 0.3) is 0 Å². The van der Waals surface area contributed by atoms with E-state index in [2.05, 4.69) is 10.4 Å². The van der Waals surface area contributed by atoms with Gasteiger partial charge in [-0.3, -0.25) is 5.01 Å². The van der Waals surface area contributed by atoms with Gasteiger partial charge in [0, 0.05) is 19.0 Å². The average molecular weight is 370 g/mol. The summed E-state index contributed by atoms with van der Waals surface area (Å²) in [6, 6.07) is 15.3. The van der Waals surface area contributed by atoms with E-state index in [0.717, 1.165) is 23.5 Å². The number of benzene rings is 2. The zero-order valence-electron chi connectivity index (χ0n) is 13.6. The third-order valence-corrected chi connectivity index (χ3v) is 3.96. The first-order valence-corrected chi connectivity index (χ1v) is 7.77. The molecule has 134 valence electrons. The zero-order valence-corrected chi connectivity index (χ0v) is 14.4. The van der Waals surface area contributed by atoms with Gasteiger partial charge < -0.3 is 5.32 Å². The van der Waals surface area contributed by atoms with Crippen LogP contribution in [0.5, 0.6) is 0 Å². The van der Waals surface area contributed by atoms with Gasteiger partial charge in [-0.05, 0) is 30.7 Å². The summed E-state index contributed by atoms with van der Waals surface area (Å²) < 4.78 is 38.5. The summed E-state index contributed by atoms with van der Waals surface area (Å²) in [5, 5.41) is 9.35. The minimum absolute atomic E-state index is 0. The summed E-state index contributed by atoms with van der Waals surface area (Å²) in [6.07, 6.45) is -3.67. The van der Waals surface area contributed by atoms with Gasteiger partial charge in [0.05, 0.1) is 11.3 Å². The molecule has 7 heteroatoms. The fourth-order valence-corrected chi connectivity index (χ4v) is 2.66. The monoisotopic (exact) mass is 369 g/mol. The second-order valence-electron chi connectivity index (χ2n) is 5.74. The lowest BCUT2D eigenvalue weighted by Crippen LogP contribution is -2.25. The number of alkyl halides is 3. The molecular weight excluding hydrogens is 351 g/mol. The number of nitrogens with zero attached hydrogens (tertiary/aromatic N) is 2. The molecule has 0 aliphatic carbocycles. The van der Waals surface area contributed by atoms with Crippen molar-refractivity contribution in [3.63, 3.8) is 0 Å². The van der Waals surface area contributed by atoms with E-state index in [4.69, 9.17) is 0 Å². The van der Waals surface area contributed by atoms with Crippen LogP contribution in [-0.4, -0.2) is 12.4 Å². The molecular formula is C18H19ClF3N3. The molecule has 1 aliphatic rings. The van der Waals surface area contributed by atoms with Crippen molar-refractivity contribution in [1.29, 1.82) is 0 Å². The normalized spacial score (nSPS) is 15.4. The summed E-state index contributed by atoms with van der Waals surface area (Å²) in [5.41, 5.74) is 0.931. The predicted molar refractivity (Wildman–Crippen MR) is 96.1 cm³/mol. The van der Waals surface area contributed by atoms with E-state index in [1.807, 2.05) is 37.3 Å². The van der Waals surface area contributed by atoms with E-state index in [9.17, 15) is 13.2 Å². The number of halogens is 4. The molecule has 3 rings (SSSR count). The van der Waals surface area contributed by atoms with Crippen molar-refractivity contribution in [3.8, 4) is 0 Å². The van der Waals surface area contributed by atoms with E-state index >= 15 is 0 Å². The molecule has 1 atom stereocenters. The molecule has 3 nitrogen and oxygen atoms in total. The Morgan fingerprint density at radius 1 is 1.08 bits per heavy atom. The molecule has 0 saturated carbocycles. The standard InChI is InChI=1S/C18H18F3N3.ClH/c1-13(14-6-3-2-4-7-14)22-17-10-11-24(23-17)16-9-5-8-15(12-16)18(19,20)21;/h2-9,12-13H,10-11H2,1H3,(H,22,23);1H. The highest BCUT2D eigenvalue weighted by molar-refractivity contribution is 5.86. The Kier molecular flexibility index (Phi) is 5.95. The Labute approximate surface area is 150 Å². The van der Waals surface area contributed by atoms with Crippen LogP contribution >= 0.6 is 12.4 Å². The Hall–Kier alpha value is -2.21. The molecule has 0 aromatic heterocycles. The first-order valence-electron chi connectivity index (χ1n) is 7.77. The summed E-state index contributed by atoms with van der Waals surface area (Å²) in [4.78, 5) is 0. The Morgan fingerprint density at radius 3 is 2.48 bits per heavy atom. The molecule has 0 radical (unpaired) electrons. The third kappa shape index (κ3) is 4.66. The van der Waals surface area contributed by atoms with E-state index in [1.54, 1.807) is 11.1 Å². The fraction of sp³-hybridized carbons (Fsp3) is 0.278. The zero-order chi connectivity index (χ0) is 17.2. The van der Waals surface area contributed by atoms with Crippen molar-refractivity contribution in [1.82, 2.24) is 5.32 Å². The minimum atomic E-state index is -4.34. The van der Waals surface area contributed by atoms with E-state index in [1.165, 1.54) is 6.07 Å². The SMILES string of the molecule is CC(NC1=NN(c2cccc(C(F)(F)F)c2)CC1)c1ccccc1.Cl. The quantitative estimate of drug-likeness (QED) is 0.824. The Morgan fingerprint density at radius 2 is 1.80 bits per heavy atom. The van der Waals surface area contributed by atoms with Gasteiger partial charge >= 0.3 is 6.18 Å². The van der Waals surface area contributed by atoms with Gasteiger partial charge in [0.1, 0.15) is 5.84 Å². The maximum Gasteiger partial charge on any atom is 0.416 e. The number of nitrogens with one attached hydrogen (secondary N) is 1. The molecule has 25 heavy (non-hydrogen) atoms. The van der Waals surface area contributed by atoms with Crippen LogP contribution in [-0.2, 0) is 6.18 Å². The topological polar surface area (TPSA) is 27.6 Å². The molecule has 1 N–H and O–H groups in total. The van der Waals surface area contributed by atoms with Gasteiger partial charge in [-0.25, -0.2) is 0 Å². The van der Waals surface area contributed by atoms with Crippen molar-refractivity contribution < 1.29 is 13.2 Å². The largest absolute Gasteiger partial charge is 0.416 e. The van der Waals surface area contributed by atoms with Gasteiger partial charge in [0.15, 0.2) is 0 Å². The minimum Gasteiger partial charge on any atom is -0.365 e. The second kappa shape index (κ2) is 7.78. The molecule has 0 amide bonds. The molecule has 0 bridgehead atoms. The number of hydrazone groups is 1. The number of anilines is 1. The lowest BCUT2D eigenvalue weighted by Gasteiger charge is -2.16. The van der Waals surface area contributed by atoms with Crippen molar-refractivity contribution >= 4 is 23.9 Å². The van der Waals surface area contributed by atoms with Crippen LogP contribution in [0.1, 0.15) is 30.5 Å². The highest BCUT2D eigenvalue weighted by atomic mass is 35.5. The maximum atomic E-state index is 12.8. The molecule has 0 spiro atoms. The number of rotatable bonds is 3. The number of hydrogen-bond acceptors (Lipinski definition) is 3. The lowest BCUT2D eigenvalue weighted by atomic mass is 10.1. The molecule has 1 heterocycles. The Bertz CT molecular complexity index is 732. The van der Waals surface area contributed by atoms with Crippen molar-refractivity contribution in [2.75, 3.05) is 11.6 Å². The third-order valence-electron chi connectivity index (χ3n) is 3.96. The Balaban J connectivity index is 0.00000225. The first kappa shape index (κ1) is 19.1. The summed E-state index contributed by atoms with van der Waals surface area (Å²) in [7, 11) is 0. The molecule has 1 aliphatic heterocycles. The smallest absolute Gasteiger partial charge is 0.365 e. The van der Waals surface area contributed by atoms with Crippen LogP contribution in [0, 0.1) is 0 Å². The van der Waals surface area contributed by atoms with Gasteiger partial charge in [0.2, 0.25) is 0 Å². The fourth-order valence-electron chi connectivity index (χ4n) is 2.66. The number of hydrogen-bond donors (Lipinski definition) is 1. The van der Waals surface area contributed by atoms with E-state index in [0.29, 0.717) is 18.7 Å². The molecule has 0 saturated heterocycles. The van der Waals surface area contributed by atoms with Gasteiger partial charge in [-0.2, -0.15) is 18.3 Å². The predicted octanol–water partition coefficient (Wildman–Crippen LogP) is 5.00. The molecule has 0 fully saturated rings. The van der Waals surface area contributed by atoms with Gasteiger partial charge in [-0.15, -0.1) is 12.4 Å². The van der Waals surface area contributed by atoms with Crippen LogP contribution < -0.4 is 10.3 Å². The van der Waals surface area contributed by atoms with Crippen molar-refractivity contribution in [2.45, 2.75) is 25.6 Å². The summed E-state index contributed by atoms with van der Waals surface area (Å²) in [6.45, 7) is 2.59. The van der Waals surface area contributed by atoms with E-state index in [-0.39, 0.29) is 18.4 Å².